The van der Waals surface area contributed by atoms with Crippen molar-refractivity contribution in [3.05, 3.63) is 149 Å². The van der Waals surface area contributed by atoms with Gasteiger partial charge in [-0.15, -0.1) is 16.9 Å². The zero-order valence-corrected chi connectivity index (χ0v) is 58.9. The number of aryl methyl sites for hydroxylation is 2. The number of allylic oxidation sites excluding steroid dienone is 2. The molecule has 0 spiro atoms. The van der Waals surface area contributed by atoms with Crippen molar-refractivity contribution in [2.75, 3.05) is 126 Å². The van der Waals surface area contributed by atoms with Crippen LogP contribution in [0.1, 0.15) is 134 Å². The number of rotatable bonds is 32. The fraction of sp³-hybridized carbons (Fsp3) is 0.527. The van der Waals surface area contributed by atoms with Crippen LogP contribution in [0.5, 0.6) is 0 Å². The Bertz CT molecular complexity index is 3840. The lowest BCUT2D eigenvalue weighted by Gasteiger charge is -2.72. The molecule has 1 unspecified atom stereocenters. The van der Waals surface area contributed by atoms with E-state index in [1.54, 1.807) is 76.1 Å². The Morgan fingerprint density at radius 3 is 2.24 bits per heavy atom. The first-order chi connectivity index (χ1) is 47.2. The number of carbonyl (C=O) groups is 5. The summed E-state index contributed by atoms with van der Waals surface area (Å²) in [5.41, 5.74) is 10.2. The molecule has 0 radical (unpaired) electrons. The van der Waals surface area contributed by atoms with Crippen LogP contribution in [-0.2, 0) is 47.0 Å². The molecule has 22 nitrogen and oxygen atoms in total. The second kappa shape index (κ2) is 31.0. The predicted molar refractivity (Wildman–Crippen MR) is 378 cm³/mol. The van der Waals surface area contributed by atoms with Gasteiger partial charge in [0, 0.05) is 130 Å². The van der Waals surface area contributed by atoms with Gasteiger partial charge >= 0.3 is 0 Å². The minimum Gasteiger partial charge on any atom is -0.382 e. The van der Waals surface area contributed by atoms with E-state index in [0.29, 0.717) is 118 Å². The van der Waals surface area contributed by atoms with Crippen LogP contribution in [0.4, 0.5) is 17.1 Å². The normalized spacial score (nSPS) is 22.1. The van der Waals surface area contributed by atoms with Crippen LogP contribution in [0.15, 0.2) is 130 Å². The largest absolute Gasteiger partial charge is 0.382 e. The summed E-state index contributed by atoms with van der Waals surface area (Å²) in [7, 11) is -4.18. The maximum Gasteiger partial charge on any atom is 0.264 e. The van der Waals surface area contributed by atoms with Gasteiger partial charge < -0.3 is 40.0 Å². The molecule has 3 saturated carbocycles. The number of imide groups is 1. The first-order valence-electron chi connectivity index (χ1n) is 35.0. The minimum atomic E-state index is -4.18. The number of ether oxygens (including phenoxy) is 3. The lowest BCUT2D eigenvalue weighted by Crippen LogP contribution is -2.61. The van der Waals surface area contributed by atoms with Gasteiger partial charge in [0.25, 0.3) is 27.7 Å². The van der Waals surface area contributed by atoms with Crippen molar-refractivity contribution in [3.8, 4) is 0 Å². The van der Waals surface area contributed by atoms with Crippen molar-refractivity contribution >= 4 is 68.4 Å². The van der Waals surface area contributed by atoms with E-state index >= 15 is 0 Å². The van der Waals surface area contributed by atoms with E-state index in [0.717, 1.165) is 91.3 Å². The van der Waals surface area contributed by atoms with Gasteiger partial charge in [0.05, 0.1) is 61.9 Å². The highest BCUT2D eigenvalue weighted by atomic mass is 32.2. The molecule has 13 rings (SSSR count). The number of carbonyl (C=O) groups excluding carboxylic acids is 5. The Balaban J connectivity index is 0.520. The smallest absolute Gasteiger partial charge is 0.264 e. The first kappa shape index (κ1) is 70.4. The Morgan fingerprint density at radius 2 is 1.52 bits per heavy atom. The minimum absolute atomic E-state index is 0.0213. The van der Waals surface area contributed by atoms with Crippen molar-refractivity contribution in [2.24, 2.45) is 16.2 Å². The molecule has 1 aromatic heterocycles. The van der Waals surface area contributed by atoms with Crippen LogP contribution in [0, 0.1) is 23.2 Å². The fourth-order valence-corrected chi connectivity index (χ4v) is 17.6. The number of piperidine rings is 1. The number of benzene rings is 4. The Morgan fingerprint density at radius 1 is 0.796 bits per heavy atom. The summed E-state index contributed by atoms with van der Waals surface area (Å²) < 4.78 is 48.7. The molecule has 5 heterocycles. The van der Waals surface area contributed by atoms with E-state index in [-0.39, 0.29) is 40.1 Å². The van der Waals surface area contributed by atoms with Crippen molar-refractivity contribution in [2.45, 2.75) is 133 Å². The topological polar surface area (TPSA) is 242 Å². The third kappa shape index (κ3) is 17.0. The fourth-order valence-electron chi connectivity index (χ4n) is 15.5. The number of sulfonamides is 1. The molecule has 2 bridgehead atoms. The molecule has 524 valence electrons. The Hall–Kier alpha value is -7.45. The quantitative estimate of drug-likeness (QED) is 0.0136. The lowest BCUT2D eigenvalue weighted by molar-refractivity contribution is -0.167. The molecular formula is C74H96N12O10S2. The highest BCUT2D eigenvalue weighted by Gasteiger charge is 2.67. The van der Waals surface area contributed by atoms with Gasteiger partial charge in [0.15, 0.2) is 0 Å². The number of nitrogens with one attached hydrogen (secondary N) is 4. The second-order valence-corrected chi connectivity index (χ2v) is 31.7. The molecule has 3 saturated heterocycles. The van der Waals surface area contributed by atoms with E-state index in [9.17, 15) is 32.4 Å². The molecule has 2 atom stereocenters. The number of anilines is 3. The monoisotopic (exact) mass is 1380 g/mol. The SMILES string of the molecule is C=C1CCC(N2C(=O)c3cccc(NCCOCCOCCOCc4cn(CCCC(=O)N5CCN(CC[C@H](CSc6ccccc6)Nc6ccc(S(=O)(=O)NC(=O)c7ccc(N8CCN(CC9=C(C%10%11CC(C)(C%10)C%11)CC(C)(C)CC9)CC8)cc7)cc6C)CC5)nn4)c3C2=O)C(=O)N1. The number of fused-ring (bicyclic) bond motifs is 1. The second-order valence-electron chi connectivity index (χ2n) is 28.9. The molecule has 4 aliphatic carbocycles. The number of nitrogens with zero attached hydrogens (tertiary/aromatic N) is 8. The van der Waals surface area contributed by atoms with E-state index in [1.165, 1.54) is 38.5 Å². The average molecular weight is 1380 g/mol. The Labute approximate surface area is 581 Å². The highest BCUT2D eigenvalue weighted by molar-refractivity contribution is 7.99. The summed E-state index contributed by atoms with van der Waals surface area (Å²) in [5.74, 6) is -1.15. The number of amides is 5. The standard InChI is InChI=1S/C74H96N12O10S2/c1-52-43-60(98(92,93)79-68(88)54-17-19-58(20-18-54)83-34-32-82(33-35-83)45-55-24-26-72(3,4)44-62(55)74-49-73(5,50-74)51-74)21-22-63(52)77-56(48-97-59-11-7-6-8-12-59)25-29-81-30-36-84(37-31-81)66(87)15-10-28-85-46-57(78-80-85)47-96-42-41-95-40-39-94-38-27-75-64-14-9-13-61-67(64)71(91)86(70(61)90)65-23-16-53(2)76-69(65)89/h6-9,11-14,17-22,43,46,56,65,75,77H,2,10,15-16,23-42,44-45,47-51H2,1,3-5H3,(H,76,89)(H,79,88)/t56-,65?,73?,74?/m1/s1. The molecule has 5 aromatic rings. The number of hydrogen-bond acceptors (Lipinski definition) is 18. The molecule has 98 heavy (non-hydrogen) atoms. The maximum atomic E-state index is 13.8. The number of thioether (sulfide) groups is 1. The molecule has 4 aliphatic heterocycles. The number of piperazine rings is 2. The van der Waals surface area contributed by atoms with Crippen LogP contribution < -0.4 is 25.6 Å². The van der Waals surface area contributed by atoms with Gasteiger partial charge in [-0.2, -0.15) is 0 Å². The summed E-state index contributed by atoms with van der Waals surface area (Å²) in [5, 5.41) is 18.0. The summed E-state index contributed by atoms with van der Waals surface area (Å²) >= 11 is 1.77. The molecule has 4 N–H and O–H groups in total. The average Bonchev–Trinajstić information content (AvgIpc) is 0.771. The van der Waals surface area contributed by atoms with Gasteiger partial charge in [-0.05, 0) is 160 Å². The summed E-state index contributed by atoms with van der Waals surface area (Å²) in [4.78, 5) is 77.7. The van der Waals surface area contributed by atoms with Crippen molar-refractivity contribution in [1.29, 1.82) is 0 Å². The molecular weight excluding hydrogens is 1280 g/mol. The van der Waals surface area contributed by atoms with Gasteiger partial charge in [0.1, 0.15) is 11.7 Å². The molecule has 24 heteroatoms. The van der Waals surface area contributed by atoms with Crippen molar-refractivity contribution in [1.82, 2.24) is 44.6 Å². The molecule has 6 fully saturated rings. The summed E-state index contributed by atoms with van der Waals surface area (Å²) in [6.45, 7) is 24.5. The van der Waals surface area contributed by atoms with Crippen molar-refractivity contribution < 1.29 is 46.6 Å². The van der Waals surface area contributed by atoms with E-state index < -0.39 is 39.7 Å². The first-order valence-corrected chi connectivity index (χ1v) is 37.4. The predicted octanol–water partition coefficient (Wildman–Crippen LogP) is 9.16. The summed E-state index contributed by atoms with van der Waals surface area (Å²) in [6, 6.07) is 26.7. The molecule has 8 aliphatic rings. The maximum absolute atomic E-state index is 13.8. The highest BCUT2D eigenvalue weighted by Crippen LogP contribution is 2.77. The molecule has 5 amide bonds. The van der Waals surface area contributed by atoms with Crippen LogP contribution in [-0.4, -0.2) is 195 Å². The lowest BCUT2D eigenvalue weighted by atomic mass is 9.33. The van der Waals surface area contributed by atoms with Crippen LogP contribution in [0.2, 0.25) is 0 Å². The zero-order valence-electron chi connectivity index (χ0n) is 57.3. The van der Waals surface area contributed by atoms with E-state index in [1.807, 2.05) is 48.4 Å². The summed E-state index contributed by atoms with van der Waals surface area (Å²) in [6.07, 6.45) is 12.4. The van der Waals surface area contributed by atoms with Gasteiger partial charge in [-0.1, -0.05) is 68.0 Å². The molecule has 4 aromatic carbocycles. The zero-order chi connectivity index (χ0) is 68.6. The number of hydrogen-bond donors (Lipinski definition) is 4. The van der Waals surface area contributed by atoms with Gasteiger partial charge in [-0.25, -0.2) is 13.1 Å². The van der Waals surface area contributed by atoms with Crippen molar-refractivity contribution in [3.63, 3.8) is 0 Å². The van der Waals surface area contributed by atoms with E-state index in [4.69, 9.17) is 14.2 Å². The van der Waals surface area contributed by atoms with Crippen LogP contribution in [0.25, 0.3) is 0 Å². The third-order valence-electron chi connectivity index (χ3n) is 20.7. The number of aromatic nitrogens is 3. The van der Waals surface area contributed by atoms with E-state index in [2.05, 4.69) is 85.2 Å². The Kier molecular flexibility index (Phi) is 22.3. The van der Waals surface area contributed by atoms with Crippen LogP contribution in [0.3, 0.4) is 0 Å². The van der Waals surface area contributed by atoms with Gasteiger partial charge in [0.2, 0.25) is 11.8 Å². The van der Waals surface area contributed by atoms with Crippen LogP contribution >= 0.6 is 11.8 Å². The third-order valence-corrected chi connectivity index (χ3v) is 23.2. The van der Waals surface area contributed by atoms with Gasteiger partial charge in [-0.3, -0.25) is 43.4 Å².